The van der Waals surface area contributed by atoms with E-state index in [2.05, 4.69) is 155 Å². The summed E-state index contributed by atoms with van der Waals surface area (Å²) < 4.78 is 0. The molecule has 9 nitrogen and oxygen atoms in total. The fourth-order valence-corrected chi connectivity index (χ4v) is 10.7. The maximum Gasteiger partial charge on any atom is 0.235 e. The second-order valence-corrected chi connectivity index (χ2v) is 19.8. The standard InChI is InChI=1S/C73H47N9/c74-48-49-39-41-50(42-40-49)57-44-70(81-66-35-19-21-37-68(66)82(69-38-22-20-36-67(69)81)73-79-63(54-29-13-4-14-30-54)46-64(80-73)55-31-15-5-16-32-55)59(72-76-60(51-23-7-1-8-24-51)45-61(77-72)52-25-9-2-10-26-52)43-58(57)65-47-62(53-27-11-3-12-28-53)75-71(78-65)56-33-17-6-18-34-56/h1-47H. The van der Waals surface area contributed by atoms with Crippen LogP contribution in [0.3, 0.4) is 0 Å². The summed E-state index contributed by atoms with van der Waals surface area (Å²) in [7, 11) is 0. The topological polar surface area (TPSA) is 108 Å². The molecule has 82 heavy (non-hydrogen) atoms. The molecule has 0 spiro atoms. The van der Waals surface area contributed by atoms with Crippen molar-refractivity contribution < 1.29 is 0 Å². The van der Waals surface area contributed by atoms with Crippen LogP contribution in [-0.2, 0) is 0 Å². The van der Waals surface area contributed by atoms with E-state index in [4.69, 9.17) is 29.9 Å². The van der Waals surface area contributed by atoms with Crippen molar-refractivity contribution in [3.63, 3.8) is 0 Å². The molecular formula is C73H47N9. The van der Waals surface area contributed by atoms with E-state index in [9.17, 15) is 5.26 Å². The summed E-state index contributed by atoms with van der Waals surface area (Å²) in [5.74, 6) is 1.61. The van der Waals surface area contributed by atoms with Gasteiger partial charge in [0.15, 0.2) is 11.6 Å². The first-order valence-electron chi connectivity index (χ1n) is 27.1. The Labute approximate surface area is 475 Å². The molecule has 13 aromatic rings. The van der Waals surface area contributed by atoms with Crippen LogP contribution in [0, 0.1) is 11.3 Å². The molecule has 0 saturated heterocycles. The fourth-order valence-electron chi connectivity index (χ4n) is 10.7. The lowest BCUT2D eigenvalue weighted by molar-refractivity contribution is 1.06. The van der Waals surface area contributed by atoms with Crippen LogP contribution in [0.1, 0.15) is 5.56 Å². The summed E-state index contributed by atoms with van der Waals surface area (Å²) in [6, 6.07) is 98.9. The zero-order chi connectivity index (χ0) is 54.8. The van der Waals surface area contributed by atoms with E-state index in [1.54, 1.807) is 0 Å². The molecule has 0 amide bonds. The Balaban J connectivity index is 1.07. The van der Waals surface area contributed by atoms with Gasteiger partial charge in [-0.1, -0.05) is 218 Å². The molecule has 0 bridgehead atoms. The van der Waals surface area contributed by atoms with Gasteiger partial charge in [0.25, 0.3) is 0 Å². The monoisotopic (exact) mass is 1050 g/mol. The molecule has 0 fully saturated rings. The summed E-state index contributed by atoms with van der Waals surface area (Å²) in [5.41, 5.74) is 18.4. The van der Waals surface area contributed by atoms with E-state index in [0.717, 1.165) is 113 Å². The highest BCUT2D eigenvalue weighted by Crippen LogP contribution is 2.56. The maximum absolute atomic E-state index is 10.1. The van der Waals surface area contributed by atoms with E-state index in [1.165, 1.54) is 0 Å². The van der Waals surface area contributed by atoms with Gasteiger partial charge >= 0.3 is 0 Å². The minimum absolute atomic E-state index is 0.507. The zero-order valence-corrected chi connectivity index (χ0v) is 44.2. The number of aromatic nitrogens is 6. The number of benzene rings is 10. The van der Waals surface area contributed by atoms with Crippen molar-refractivity contribution in [3.05, 3.63) is 291 Å². The third-order valence-corrected chi connectivity index (χ3v) is 14.7. The van der Waals surface area contributed by atoms with E-state index < -0.39 is 0 Å². The number of rotatable bonds is 11. The number of hydrogen-bond donors (Lipinski definition) is 0. The third kappa shape index (κ3) is 9.38. The van der Waals surface area contributed by atoms with Gasteiger partial charge in [-0.25, -0.2) is 29.9 Å². The van der Waals surface area contributed by atoms with Crippen LogP contribution in [0.4, 0.5) is 34.4 Å². The quantitative estimate of drug-likeness (QED) is 0.125. The highest BCUT2D eigenvalue weighted by atomic mass is 15.3. The van der Waals surface area contributed by atoms with Crippen molar-refractivity contribution in [3.8, 4) is 108 Å². The Kier molecular flexibility index (Phi) is 12.8. The van der Waals surface area contributed by atoms with Crippen LogP contribution in [-0.4, -0.2) is 29.9 Å². The van der Waals surface area contributed by atoms with Gasteiger partial charge in [0.1, 0.15) is 0 Å². The molecule has 1 aliphatic heterocycles. The van der Waals surface area contributed by atoms with Gasteiger partial charge in [0.05, 0.1) is 74.2 Å². The molecular weight excluding hydrogens is 1000 g/mol. The zero-order valence-electron chi connectivity index (χ0n) is 44.2. The number of anilines is 6. The van der Waals surface area contributed by atoms with Crippen molar-refractivity contribution in [2.75, 3.05) is 9.80 Å². The molecule has 14 rings (SSSR count). The smallest absolute Gasteiger partial charge is 0.235 e. The summed E-state index contributed by atoms with van der Waals surface area (Å²) in [5, 5.41) is 10.1. The summed E-state index contributed by atoms with van der Waals surface area (Å²) in [6.07, 6.45) is 0. The van der Waals surface area contributed by atoms with E-state index in [-0.39, 0.29) is 0 Å². The molecule has 384 valence electrons. The predicted octanol–water partition coefficient (Wildman–Crippen LogP) is 18.2. The molecule has 4 heterocycles. The molecule has 0 saturated carbocycles. The lowest BCUT2D eigenvalue weighted by Gasteiger charge is -2.40. The van der Waals surface area contributed by atoms with Crippen molar-refractivity contribution in [1.29, 1.82) is 5.26 Å². The second-order valence-electron chi connectivity index (χ2n) is 19.8. The SMILES string of the molecule is N#Cc1ccc(-c2cc(N3c4ccccc4N(c4nc(-c5ccccc5)cc(-c5ccccc5)n4)c4ccccc43)c(-c3nc(-c4ccccc4)cc(-c4ccccc4)n3)cc2-c2cc(-c3ccccc3)nc(-c3ccccc3)n2)cc1. The van der Waals surface area contributed by atoms with Crippen molar-refractivity contribution in [2.45, 2.75) is 0 Å². The minimum Gasteiger partial charge on any atom is -0.306 e. The van der Waals surface area contributed by atoms with Gasteiger partial charge in [-0.15, -0.1) is 0 Å². The number of fused-ring (bicyclic) bond motifs is 2. The second kappa shape index (κ2) is 21.4. The molecule has 9 heteroatoms. The number of para-hydroxylation sites is 4. The number of nitrogens with zero attached hydrogens (tertiary/aromatic N) is 9. The number of hydrogen-bond acceptors (Lipinski definition) is 9. The van der Waals surface area contributed by atoms with Crippen LogP contribution >= 0.6 is 0 Å². The average Bonchev–Trinajstić information content (AvgIpc) is 2.46. The Morgan fingerprint density at radius 2 is 0.585 bits per heavy atom. The molecule has 10 aromatic carbocycles. The lowest BCUT2D eigenvalue weighted by atomic mass is 9.91. The van der Waals surface area contributed by atoms with E-state index in [0.29, 0.717) is 28.9 Å². The summed E-state index contributed by atoms with van der Waals surface area (Å²) in [4.78, 5) is 37.1. The molecule has 0 atom stereocenters. The summed E-state index contributed by atoms with van der Waals surface area (Å²) in [6.45, 7) is 0. The van der Waals surface area contributed by atoms with Crippen LogP contribution in [0.2, 0.25) is 0 Å². The average molecular weight is 1050 g/mol. The van der Waals surface area contributed by atoms with Crippen LogP contribution in [0.15, 0.2) is 285 Å². The molecule has 1 aliphatic rings. The summed E-state index contributed by atoms with van der Waals surface area (Å²) >= 11 is 0. The highest BCUT2D eigenvalue weighted by Gasteiger charge is 2.35. The van der Waals surface area contributed by atoms with E-state index in [1.807, 2.05) is 146 Å². The predicted molar refractivity (Wildman–Crippen MR) is 330 cm³/mol. The molecule has 0 N–H and O–H groups in total. The first kappa shape index (κ1) is 48.9. The van der Waals surface area contributed by atoms with E-state index >= 15 is 0 Å². The highest BCUT2D eigenvalue weighted by molar-refractivity contribution is 6.05. The first-order chi connectivity index (χ1) is 40.6. The van der Waals surface area contributed by atoms with Gasteiger partial charge in [-0.3, -0.25) is 4.90 Å². The van der Waals surface area contributed by atoms with Gasteiger partial charge in [-0.05, 0) is 77.9 Å². The fraction of sp³-hybridized carbons (Fsp3) is 0. The van der Waals surface area contributed by atoms with Gasteiger partial charge < -0.3 is 4.90 Å². The Bertz CT molecular complexity index is 4280. The van der Waals surface area contributed by atoms with Crippen molar-refractivity contribution in [1.82, 2.24) is 29.9 Å². The molecule has 0 unspecified atom stereocenters. The third-order valence-electron chi connectivity index (χ3n) is 14.7. The van der Waals surface area contributed by atoms with Crippen molar-refractivity contribution >= 4 is 34.4 Å². The Morgan fingerprint density at radius 1 is 0.244 bits per heavy atom. The van der Waals surface area contributed by atoms with Crippen LogP contribution < -0.4 is 9.80 Å². The normalized spacial score (nSPS) is 11.6. The Morgan fingerprint density at radius 3 is 1.00 bits per heavy atom. The maximum atomic E-state index is 10.1. The van der Waals surface area contributed by atoms with Gasteiger partial charge in [0.2, 0.25) is 5.95 Å². The van der Waals surface area contributed by atoms with Crippen LogP contribution in [0.5, 0.6) is 0 Å². The first-order valence-corrected chi connectivity index (χ1v) is 27.1. The molecule has 0 radical (unpaired) electrons. The van der Waals surface area contributed by atoms with Crippen molar-refractivity contribution in [2.24, 2.45) is 0 Å². The Hall–Kier alpha value is -11.5. The van der Waals surface area contributed by atoms with Gasteiger partial charge in [-0.2, -0.15) is 5.26 Å². The van der Waals surface area contributed by atoms with Gasteiger partial charge in [0, 0.05) is 44.5 Å². The number of nitriles is 1. The van der Waals surface area contributed by atoms with Crippen LogP contribution in [0.25, 0.3) is 101 Å². The molecule has 0 aliphatic carbocycles. The largest absolute Gasteiger partial charge is 0.306 e. The molecule has 3 aromatic heterocycles. The minimum atomic E-state index is 0.507. The lowest BCUT2D eigenvalue weighted by Crippen LogP contribution is -2.26.